The minimum Gasteiger partial charge on any atom is -0.496 e. The number of aliphatic hydroxyl groups excluding tert-OH is 1. The second kappa shape index (κ2) is 16.7. The van der Waals surface area contributed by atoms with Crippen molar-refractivity contribution in [1.29, 1.82) is 0 Å². The molecule has 0 aliphatic carbocycles. The largest absolute Gasteiger partial charge is 0.496 e. The molecular weight excluding hydrogens is 661 g/mol. The Kier molecular flexibility index (Phi) is 11.0. The van der Waals surface area contributed by atoms with Crippen molar-refractivity contribution in [2.45, 2.75) is 18.9 Å². The van der Waals surface area contributed by atoms with Crippen LogP contribution in [0.1, 0.15) is 51.4 Å². The summed E-state index contributed by atoms with van der Waals surface area (Å²) in [5, 5.41) is 10.7. The molecule has 54 heavy (non-hydrogen) atoms. The van der Waals surface area contributed by atoms with E-state index >= 15 is 0 Å². The van der Waals surface area contributed by atoms with Gasteiger partial charge in [0.2, 0.25) is 0 Å². The highest BCUT2D eigenvalue weighted by molar-refractivity contribution is 6.02. The molecule has 0 bridgehead atoms. The molecule has 0 saturated carbocycles. The third kappa shape index (κ3) is 7.68. The third-order valence-corrected chi connectivity index (χ3v) is 9.76. The van der Waals surface area contributed by atoms with E-state index in [4.69, 9.17) is 14.7 Å². The van der Waals surface area contributed by atoms with Crippen LogP contribution in [0.15, 0.2) is 198 Å². The summed E-state index contributed by atoms with van der Waals surface area (Å²) in [6, 6.07) is 63.2. The lowest BCUT2D eigenvalue weighted by molar-refractivity contribution is 0.281. The second-order valence-electron chi connectivity index (χ2n) is 13.0. The topological polar surface area (TPSA) is 54.2 Å². The van der Waals surface area contributed by atoms with Crippen LogP contribution in [0.4, 0.5) is 11.4 Å². The first-order chi connectivity index (χ1) is 26.6. The zero-order chi connectivity index (χ0) is 37.2. The molecule has 7 aromatic carbocycles. The quantitative estimate of drug-likeness (QED) is 0.108. The highest BCUT2D eigenvalue weighted by Gasteiger charge is 2.33. The fraction of sp³-hybridized carbons (Fsp3) is 0.0800. The summed E-state index contributed by atoms with van der Waals surface area (Å²) >= 11 is 0. The van der Waals surface area contributed by atoms with Crippen molar-refractivity contribution in [3.8, 4) is 5.75 Å². The third-order valence-electron chi connectivity index (χ3n) is 9.76. The number of benzene rings is 7. The van der Waals surface area contributed by atoms with E-state index in [2.05, 4.69) is 91.5 Å². The van der Waals surface area contributed by atoms with Crippen molar-refractivity contribution in [3.05, 3.63) is 233 Å². The normalized spacial score (nSPS) is 11.7. The Labute approximate surface area is 317 Å². The summed E-state index contributed by atoms with van der Waals surface area (Å²) < 4.78 is 6.02. The molecule has 0 aromatic heterocycles. The molecule has 7 aromatic rings. The standard InChI is InChI=1S/C50H40N2O2/c1-50(40-22-12-5-13-23-40,41-29-28-39(36-53)45(32-41)47(37-18-8-3-9-19-37)34-51-43-24-14-6-15-25-43)42-30-31-49(54-2)46(33-42)48(38-20-10-4-11-21-38)35-52-44-26-16-7-17-27-44/h3-33,53H,36H2,1-2H3. The molecule has 0 aliphatic rings. The van der Waals surface area contributed by atoms with Gasteiger partial charge in [-0.2, -0.15) is 0 Å². The number of hydrogen-bond donors (Lipinski definition) is 1. The fourth-order valence-electron chi connectivity index (χ4n) is 6.76. The Hall–Kier alpha value is -6.80. The van der Waals surface area contributed by atoms with Gasteiger partial charge in [0.25, 0.3) is 0 Å². The van der Waals surface area contributed by atoms with Gasteiger partial charge in [-0.25, -0.2) is 9.98 Å². The lowest BCUT2D eigenvalue weighted by Gasteiger charge is -2.33. The Morgan fingerprint density at radius 2 is 0.944 bits per heavy atom. The van der Waals surface area contributed by atoms with Crippen molar-refractivity contribution in [1.82, 2.24) is 0 Å². The van der Waals surface area contributed by atoms with E-state index in [-0.39, 0.29) is 6.61 Å². The number of aliphatic hydroxyl groups is 1. The van der Waals surface area contributed by atoms with Crippen LogP contribution >= 0.6 is 0 Å². The number of ether oxygens (including phenoxy) is 1. The maximum absolute atomic E-state index is 10.7. The number of rotatable bonds is 11. The summed E-state index contributed by atoms with van der Waals surface area (Å²) in [5.74, 6) is 7.49. The van der Waals surface area contributed by atoms with Gasteiger partial charge in [-0.15, -0.1) is 0 Å². The van der Waals surface area contributed by atoms with Crippen molar-refractivity contribution in [2.75, 3.05) is 7.11 Å². The predicted molar refractivity (Wildman–Crippen MR) is 222 cm³/mol. The molecule has 0 saturated heterocycles. The van der Waals surface area contributed by atoms with E-state index < -0.39 is 5.41 Å². The van der Waals surface area contributed by atoms with Crippen LogP contribution in [0.5, 0.6) is 5.75 Å². The number of aliphatic imine (C=N–C) groups is 2. The van der Waals surface area contributed by atoms with E-state index in [0.717, 1.165) is 67.0 Å². The van der Waals surface area contributed by atoms with E-state index in [1.165, 1.54) is 0 Å². The molecular formula is C50H40N2O2. The van der Waals surface area contributed by atoms with E-state index in [1.807, 2.05) is 115 Å². The first kappa shape index (κ1) is 35.6. The number of para-hydroxylation sites is 2. The SMILES string of the molecule is COc1ccc(C(C)(c2ccccc2)c2ccc(CO)c(C(=C=Nc3ccccc3)c3ccccc3)c2)cc1C(=C=Nc1ccccc1)c1ccccc1. The van der Waals surface area contributed by atoms with E-state index in [9.17, 15) is 5.11 Å². The first-order valence-electron chi connectivity index (χ1n) is 18.0. The Morgan fingerprint density at radius 1 is 0.519 bits per heavy atom. The number of nitrogens with zero attached hydrogens (tertiary/aromatic N) is 2. The Balaban J connectivity index is 1.47. The summed E-state index contributed by atoms with van der Waals surface area (Å²) in [6.07, 6.45) is 0. The van der Waals surface area contributed by atoms with Gasteiger partial charge < -0.3 is 9.84 Å². The van der Waals surface area contributed by atoms with E-state index in [0.29, 0.717) is 5.75 Å². The van der Waals surface area contributed by atoms with Gasteiger partial charge in [-0.1, -0.05) is 146 Å². The van der Waals surface area contributed by atoms with Crippen LogP contribution < -0.4 is 4.74 Å². The smallest absolute Gasteiger partial charge is 0.127 e. The molecule has 0 spiro atoms. The fourth-order valence-corrected chi connectivity index (χ4v) is 6.76. The summed E-state index contributed by atoms with van der Waals surface area (Å²) in [7, 11) is 1.69. The van der Waals surface area contributed by atoms with Crippen LogP contribution in [-0.2, 0) is 12.0 Å². The molecule has 4 heteroatoms. The zero-order valence-corrected chi connectivity index (χ0v) is 30.4. The Bertz CT molecular complexity index is 2310. The summed E-state index contributed by atoms with van der Waals surface area (Å²) in [4.78, 5) is 9.54. The van der Waals surface area contributed by atoms with Gasteiger partial charge in [0, 0.05) is 11.0 Å². The molecule has 1 unspecified atom stereocenters. The molecule has 7 rings (SSSR count). The van der Waals surface area contributed by atoms with Crippen LogP contribution in [0.25, 0.3) is 11.1 Å². The lowest BCUT2D eigenvalue weighted by Crippen LogP contribution is -2.26. The first-order valence-corrected chi connectivity index (χ1v) is 18.0. The van der Waals surface area contributed by atoms with Gasteiger partial charge in [0.05, 0.1) is 36.2 Å². The average molecular weight is 701 g/mol. The van der Waals surface area contributed by atoms with Crippen molar-refractivity contribution in [2.24, 2.45) is 9.98 Å². The average Bonchev–Trinajstić information content (AvgIpc) is 3.25. The number of methoxy groups -OCH3 is 1. The Morgan fingerprint density at radius 3 is 1.43 bits per heavy atom. The molecule has 1 N–H and O–H groups in total. The molecule has 0 aliphatic heterocycles. The predicted octanol–water partition coefficient (Wildman–Crippen LogP) is 11.4. The van der Waals surface area contributed by atoms with Crippen molar-refractivity contribution < 1.29 is 9.84 Å². The van der Waals surface area contributed by atoms with Crippen molar-refractivity contribution in [3.63, 3.8) is 0 Å². The molecule has 0 amide bonds. The van der Waals surface area contributed by atoms with Gasteiger partial charge in [0.1, 0.15) is 5.75 Å². The molecule has 4 nitrogen and oxygen atoms in total. The highest BCUT2D eigenvalue weighted by atomic mass is 16.5. The van der Waals surface area contributed by atoms with Crippen LogP contribution in [0.3, 0.4) is 0 Å². The summed E-state index contributed by atoms with van der Waals surface area (Å²) in [6.45, 7) is 2.11. The second-order valence-corrected chi connectivity index (χ2v) is 13.0. The lowest BCUT2D eigenvalue weighted by atomic mass is 9.69. The van der Waals surface area contributed by atoms with Gasteiger partial charge in [-0.3, -0.25) is 0 Å². The van der Waals surface area contributed by atoms with Crippen molar-refractivity contribution >= 4 is 34.3 Å². The summed E-state index contributed by atoms with van der Waals surface area (Å²) in [5.41, 5.74) is 10.2. The van der Waals surface area contributed by atoms with Gasteiger partial charge >= 0.3 is 0 Å². The van der Waals surface area contributed by atoms with E-state index in [1.54, 1.807) is 7.11 Å². The zero-order valence-electron chi connectivity index (χ0n) is 30.4. The van der Waals surface area contributed by atoms with Gasteiger partial charge in [0.15, 0.2) is 0 Å². The molecule has 1 atom stereocenters. The maximum atomic E-state index is 10.7. The number of hydrogen-bond acceptors (Lipinski definition) is 4. The molecule has 0 fully saturated rings. The molecule has 0 radical (unpaired) electrons. The molecule has 262 valence electrons. The van der Waals surface area contributed by atoms with Gasteiger partial charge in [-0.05, 0) is 100 Å². The monoisotopic (exact) mass is 700 g/mol. The van der Waals surface area contributed by atoms with Crippen LogP contribution in [0.2, 0.25) is 0 Å². The molecule has 0 heterocycles. The minimum absolute atomic E-state index is 0.139. The minimum atomic E-state index is -0.651. The van der Waals surface area contributed by atoms with Crippen LogP contribution in [-0.4, -0.2) is 24.0 Å². The highest BCUT2D eigenvalue weighted by Crippen LogP contribution is 2.43. The van der Waals surface area contributed by atoms with Crippen LogP contribution in [0, 0.1) is 0 Å². The maximum Gasteiger partial charge on any atom is 0.127 e.